The zero-order valence-corrected chi connectivity index (χ0v) is 13.2. The smallest absolute Gasteiger partial charge is 0.225 e. The standard InChI is InChI=1S/C16H18F2N4O/c1-10-6-13(21-16(20-10)22(2)3)9-19-15(23)7-11-4-5-12(17)8-14(11)18/h4-6,8H,7,9H2,1-3H3,(H,19,23). The van der Waals surface area contributed by atoms with E-state index < -0.39 is 11.6 Å². The van der Waals surface area contributed by atoms with Crippen LogP contribution in [0.15, 0.2) is 24.3 Å². The Bertz CT molecular complexity index is 719. The monoisotopic (exact) mass is 320 g/mol. The lowest BCUT2D eigenvalue weighted by atomic mass is 10.1. The molecule has 1 heterocycles. The molecule has 122 valence electrons. The second-order valence-electron chi connectivity index (χ2n) is 5.38. The van der Waals surface area contributed by atoms with Crippen molar-refractivity contribution in [2.24, 2.45) is 0 Å². The molecule has 1 aromatic heterocycles. The largest absolute Gasteiger partial charge is 0.350 e. The second-order valence-corrected chi connectivity index (χ2v) is 5.38. The summed E-state index contributed by atoms with van der Waals surface area (Å²) in [6.45, 7) is 2.06. The minimum Gasteiger partial charge on any atom is -0.350 e. The van der Waals surface area contributed by atoms with E-state index in [0.717, 1.165) is 17.8 Å². The first kappa shape index (κ1) is 16.8. The van der Waals surface area contributed by atoms with E-state index in [2.05, 4.69) is 15.3 Å². The van der Waals surface area contributed by atoms with Crippen molar-refractivity contribution in [2.45, 2.75) is 19.9 Å². The quantitative estimate of drug-likeness (QED) is 0.915. The van der Waals surface area contributed by atoms with Gasteiger partial charge in [0.05, 0.1) is 18.7 Å². The number of anilines is 1. The Kier molecular flexibility index (Phi) is 5.20. The molecular weight excluding hydrogens is 302 g/mol. The van der Waals surface area contributed by atoms with Gasteiger partial charge in [-0.3, -0.25) is 4.79 Å². The Morgan fingerprint density at radius 3 is 2.61 bits per heavy atom. The molecule has 7 heteroatoms. The van der Waals surface area contributed by atoms with Crippen molar-refractivity contribution in [3.63, 3.8) is 0 Å². The number of amides is 1. The first-order valence-corrected chi connectivity index (χ1v) is 7.07. The van der Waals surface area contributed by atoms with E-state index >= 15 is 0 Å². The molecule has 5 nitrogen and oxygen atoms in total. The molecule has 0 aliphatic heterocycles. The summed E-state index contributed by atoms with van der Waals surface area (Å²) >= 11 is 0. The highest BCUT2D eigenvalue weighted by Gasteiger charge is 2.10. The number of hydrogen-bond donors (Lipinski definition) is 1. The van der Waals surface area contributed by atoms with Gasteiger partial charge < -0.3 is 10.2 Å². The Morgan fingerprint density at radius 2 is 1.96 bits per heavy atom. The predicted molar refractivity (Wildman–Crippen MR) is 83.0 cm³/mol. The number of nitrogens with zero attached hydrogens (tertiary/aromatic N) is 3. The number of carbonyl (C=O) groups excluding carboxylic acids is 1. The normalized spacial score (nSPS) is 10.5. The average Bonchev–Trinajstić information content (AvgIpc) is 2.47. The van der Waals surface area contributed by atoms with Crippen LogP contribution < -0.4 is 10.2 Å². The Morgan fingerprint density at radius 1 is 1.22 bits per heavy atom. The van der Waals surface area contributed by atoms with Gasteiger partial charge in [-0.1, -0.05) is 6.07 Å². The summed E-state index contributed by atoms with van der Waals surface area (Å²) in [4.78, 5) is 22.3. The predicted octanol–water partition coefficient (Wildman–Crippen LogP) is 1.99. The van der Waals surface area contributed by atoms with Crippen molar-refractivity contribution in [3.05, 3.63) is 52.9 Å². The molecule has 0 aliphatic rings. The van der Waals surface area contributed by atoms with E-state index in [9.17, 15) is 13.6 Å². The molecule has 1 amide bonds. The highest BCUT2D eigenvalue weighted by Crippen LogP contribution is 2.11. The number of hydrogen-bond acceptors (Lipinski definition) is 4. The number of aryl methyl sites for hydroxylation is 1. The van der Waals surface area contributed by atoms with E-state index in [1.165, 1.54) is 6.07 Å². The molecule has 2 aromatic rings. The molecule has 0 radical (unpaired) electrons. The lowest BCUT2D eigenvalue weighted by molar-refractivity contribution is -0.120. The maximum Gasteiger partial charge on any atom is 0.225 e. The maximum absolute atomic E-state index is 13.5. The topological polar surface area (TPSA) is 58.1 Å². The molecule has 0 saturated carbocycles. The minimum absolute atomic E-state index is 0.150. The van der Waals surface area contributed by atoms with Crippen molar-refractivity contribution >= 4 is 11.9 Å². The first-order chi connectivity index (χ1) is 10.8. The highest BCUT2D eigenvalue weighted by atomic mass is 19.1. The van der Waals surface area contributed by atoms with Crippen molar-refractivity contribution < 1.29 is 13.6 Å². The molecule has 1 N–H and O–H groups in total. The van der Waals surface area contributed by atoms with Crippen LogP contribution in [0.2, 0.25) is 0 Å². The van der Waals surface area contributed by atoms with Gasteiger partial charge in [-0.15, -0.1) is 0 Å². The fraction of sp³-hybridized carbons (Fsp3) is 0.312. The van der Waals surface area contributed by atoms with Gasteiger partial charge in [0, 0.05) is 25.9 Å². The number of benzene rings is 1. The molecule has 0 aliphatic carbocycles. The Labute approximate surface area is 133 Å². The van der Waals surface area contributed by atoms with Gasteiger partial charge in [0.1, 0.15) is 11.6 Å². The summed E-state index contributed by atoms with van der Waals surface area (Å²) in [5.41, 5.74) is 1.60. The molecule has 0 bridgehead atoms. The van der Waals surface area contributed by atoms with Crippen LogP contribution in [0.1, 0.15) is 17.0 Å². The van der Waals surface area contributed by atoms with E-state index in [1.807, 2.05) is 21.0 Å². The van der Waals surface area contributed by atoms with E-state index in [-0.39, 0.29) is 24.4 Å². The lowest BCUT2D eigenvalue weighted by Crippen LogP contribution is -2.26. The number of aromatic nitrogens is 2. The summed E-state index contributed by atoms with van der Waals surface area (Å²) in [5.74, 6) is -1.20. The lowest BCUT2D eigenvalue weighted by Gasteiger charge is -2.12. The van der Waals surface area contributed by atoms with Crippen LogP contribution in [0.4, 0.5) is 14.7 Å². The zero-order chi connectivity index (χ0) is 17.0. The van der Waals surface area contributed by atoms with Gasteiger partial charge >= 0.3 is 0 Å². The van der Waals surface area contributed by atoms with Gasteiger partial charge in [0.25, 0.3) is 0 Å². The number of nitrogens with one attached hydrogen (secondary N) is 1. The van der Waals surface area contributed by atoms with Gasteiger partial charge in [0.2, 0.25) is 11.9 Å². The van der Waals surface area contributed by atoms with Gasteiger partial charge in [-0.2, -0.15) is 0 Å². The third-order valence-corrected chi connectivity index (χ3v) is 3.13. The molecule has 0 spiro atoms. The fourth-order valence-electron chi connectivity index (χ4n) is 2.00. The first-order valence-electron chi connectivity index (χ1n) is 7.07. The third-order valence-electron chi connectivity index (χ3n) is 3.13. The van der Waals surface area contributed by atoms with Crippen LogP contribution in [0, 0.1) is 18.6 Å². The molecule has 23 heavy (non-hydrogen) atoms. The summed E-state index contributed by atoms with van der Waals surface area (Å²) in [6.07, 6.45) is -0.156. The summed E-state index contributed by atoms with van der Waals surface area (Å²) in [6, 6.07) is 4.93. The molecule has 0 fully saturated rings. The molecule has 0 atom stereocenters. The van der Waals surface area contributed by atoms with Gasteiger partial charge in [-0.25, -0.2) is 18.7 Å². The Hall–Kier alpha value is -2.57. The SMILES string of the molecule is Cc1cc(CNC(=O)Cc2ccc(F)cc2F)nc(N(C)C)n1. The average molecular weight is 320 g/mol. The van der Waals surface area contributed by atoms with Crippen LogP contribution in [0.25, 0.3) is 0 Å². The molecular formula is C16H18F2N4O. The molecule has 1 aromatic carbocycles. The van der Waals surface area contributed by atoms with Crippen LogP contribution in [-0.2, 0) is 17.8 Å². The Balaban J connectivity index is 1.99. The van der Waals surface area contributed by atoms with Gasteiger partial charge in [0.15, 0.2) is 0 Å². The van der Waals surface area contributed by atoms with Crippen LogP contribution in [0.5, 0.6) is 0 Å². The summed E-state index contributed by atoms with van der Waals surface area (Å²) < 4.78 is 26.4. The number of carbonyl (C=O) groups is 1. The molecule has 0 unspecified atom stereocenters. The van der Waals surface area contributed by atoms with E-state index in [1.54, 1.807) is 11.0 Å². The minimum atomic E-state index is -0.729. The van der Waals surface area contributed by atoms with Gasteiger partial charge in [-0.05, 0) is 24.6 Å². The van der Waals surface area contributed by atoms with E-state index in [0.29, 0.717) is 11.6 Å². The zero-order valence-electron chi connectivity index (χ0n) is 13.2. The number of rotatable bonds is 5. The van der Waals surface area contributed by atoms with Crippen molar-refractivity contribution in [1.82, 2.24) is 15.3 Å². The highest BCUT2D eigenvalue weighted by molar-refractivity contribution is 5.78. The molecule has 0 saturated heterocycles. The van der Waals surface area contributed by atoms with Crippen molar-refractivity contribution in [2.75, 3.05) is 19.0 Å². The van der Waals surface area contributed by atoms with E-state index in [4.69, 9.17) is 0 Å². The van der Waals surface area contributed by atoms with Crippen LogP contribution >= 0.6 is 0 Å². The number of halogens is 2. The van der Waals surface area contributed by atoms with Crippen molar-refractivity contribution in [3.8, 4) is 0 Å². The second kappa shape index (κ2) is 7.13. The molecule has 2 rings (SSSR count). The fourth-order valence-corrected chi connectivity index (χ4v) is 2.00. The summed E-state index contributed by atoms with van der Waals surface area (Å²) in [7, 11) is 3.66. The van der Waals surface area contributed by atoms with Crippen LogP contribution in [0.3, 0.4) is 0 Å². The maximum atomic E-state index is 13.5. The summed E-state index contributed by atoms with van der Waals surface area (Å²) in [5, 5.41) is 2.67. The third kappa shape index (κ3) is 4.70. The van der Waals surface area contributed by atoms with Crippen LogP contribution in [-0.4, -0.2) is 30.0 Å². The van der Waals surface area contributed by atoms with Crippen molar-refractivity contribution in [1.29, 1.82) is 0 Å².